The maximum atomic E-state index is 13.4. The summed E-state index contributed by atoms with van der Waals surface area (Å²) < 4.78 is 1.68. The summed E-state index contributed by atoms with van der Waals surface area (Å²) in [4.78, 5) is 13.4. The Balaban J connectivity index is 1.21. The Bertz CT molecular complexity index is 966. The van der Waals surface area contributed by atoms with Crippen LogP contribution in [0.15, 0.2) is 12.4 Å². The zero-order chi connectivity index (χ0) is 22.3. The Morgan fingerprint density at radius 3 is 2.66 bits per heavy atom. The van der Waals surface area contributed by atoms with Gasteiger partial charge < -0.3 is 0 Å². The molecule has 0 radical (unpaired) electrons. The summed E-state index contributed by atoms with van der Waals surface area (Å²) in [5, 5.41) is 13.3. The lowest BCUT2D eigenvalue weighted by atomic mass is 9.45. The van der Waals surface area contributed by atoms with Crippen LogP contribution in [0.5, 0.6) is 0 Å². The molecule has 0 aliphatic heterocycles. The second-order valence-electron chi connectivity index (χ2n) is 13.4. The van der Waals surface area contributed by atoms with E-state index in [4.69, 9.17) is 5.26 Å². The molecule has 5 saturated carbocycles. The Morgan fingerprint density at radius 1 is 1.12 bits per heavy atom. The normalized spacial score (nSPS) is 43.1. The number of aromatic nitrogens is 2. The van der Waals surface area contributed by atoms with E-state index in [1.54, 1.807) is 17.1 Å². The van der Waals surface area contributed by atoms with Crippen LogP contribution in [0.4, 0.5) is 0 Å². The lowest BCUT2D eigenvalue weighted by Gasteiger charge is -2.59. The van der Waals surface area contributed by atoms with Crippen molar-refractivity contribution >= 4 is 5.78 Å². The smallest absolute Gasteiger partial charge is 0.157 e. The Morgan fingerprint density at radius 2 is 1.94 bits per heavy atom. The number of nitriles is 1. The van der Waals surface area contributed by atoms with Gasteiger partial charge in [0.1, 0.15) is 6.07 Å². The quantitative estimate of drug-likeness (QED) is 0.586. The van der Waals surface area contributed by atoms with Gasteiger partial charge in [0, 0.05) is 12.1 Å². The third-order valence-corrected chi connectivity index (χ3v) is 11.0. The van der Waals surface area contributed by atoms with E-state index >= 15 is 0 Å². The molecule has 4 nitrogen and oxygen atoms in total. The number of Topliss-reactive ketones (excluding diaryl/α,β-unsaturated/α-hetero) is 1. The highest BCUT2D eigenvalue weighted by Gasteiger charge is 2.65. The molecule has 1 heterocycles. The van der Waals surface area contributed by atoms with Crippen molar-refractivity contribution < 1.29 is 4.79 Å². The molecule has 0 saturated heterocycles. The second-order valence-corrected chi connectivity index (χ2v) is 13.4. The number of fused-ring (bicyclic) bond motifs is 6. The fourth-order valence-electron chi connectivity index (χ4n) is 10.1. The van der Waals surface area contributed by atoms with Gasteiger partial charge in [0.15, 0.2) is 5.78 Å². The molecule has 0 bridgehead atoms. The lowest BCUT2D eigenvalue weighted by molar-refractivity contribution is -0.134. The van der Waals surface area contributed by atoms with E-state index < -0.39 is 0 Å². The Labute approximate surface area is 193 Å². The summed E-state index contributed by atoms with van der Waals surface area (Å²) >= 11 is 0. The first-order valence-corrected chi connectivity index (χ1v) is 13.2. The van der Waals surface area contributed by atoms with Crippen molar-refractivity contribution in [2.75, 3.05) is 0 Å². The van der Waals surface area contributed by atoms with Crippen molar-refractivity contribution in [3.63, 3.8) is 0 Å². The summed E-state index contributed by atoms with van der Waals surface area (Å²) in [5.74, 6) is 4.94. The van der Waals surface area contributed by atoms with Crippen LogP contribution in [0.2, 0.25) is 0 Å². The predicted octanol–water partition coefficient (Wildman–Crippen LogP) is 6.01. The number of ketones is 1. The van der Waals surface area contributed by atoms with Gasteiger partial charge in [-0.1, -0.05) is 20.8 Å². The highest BCUT2D eigenvalue weighted by Crippen LogP contribution is 2.73. The van der Waals surface area contributed by atoms with Gasteiger partial charge in [0.25, 0.3) is 0 Å². The predicted molar refractivity (Wildman–Crippen MR) is 123 cm³/mol. The molecular weight excluding hydrogens is 394 g/mol. The van der Waals surface area contributed by atoms with E-state index in [0.717, 1.165) is 36.0 Å². The minimum absolute atomic E-state index is 0.168. The SMILES string of the molecule is CC1(C)C[C@H]2CC[C@@H]3[C@H](CC[C@]4(C)[C@@H](C(=O)Cn5cc(C#N)cn5)CC[C@@H]34)[C@H]2C2(CC2)C1. The van der Waals surface area contributed by atoms with Crippen molar-refractivity contribution in [2.24, 2.45) is 51.8 Å². The largest absolute Gasteiger partial charge is 0.297 e. The van der Waals surface area contributed by atoms with Gasteiger partial charge in [-0.05, 0) is 110 Å². The highest BCUT2D eigenvalue weighted by atomic mass is 16.1. The molecule has 172 valence electrons. The first kappa shape index (κ1) is 20.9. The third kappa shape index (κ3) is 3.06. The third-order valence-electron chi connectivity index (χ3n) is 11.0. The number of hydrogen-bond donors (Lipinski definition) is 0. The maximum absolute atomic E-state index is 13.4. The van der Waals surface area contributed by atoms with Crippen LogP contribution in [0.25, 0.3) is 0 Å². The van der Waals surface area contributed by atoms with E-state index in [1.165, 1.54) is 57.8 Å². The van der Waals surface area contributed by atoms with E-state index in [2.05, 4.69) is 31.9 Å². The Kier molecular flexibility index (Phi) is 4.54. The molecule has 4 heteroatoms. The molecule has 5 fully saturated rings. The van der Waals surface area contributed by atoms with Crippen LogP contribution < -0.4 is 0 Å². The van der Waals surface area contributed by atoms with E-state index in [0.29, 0.717) is 28.7 Å². The van der Waals surface area contributed by atoms with Crippen molar-refractivity contribution in [1.29, 1.82) is 5.26 Å². The number of carbonyl (C=O) groups excluding carboxylic acids is 1. The summed E-state index contributed by atoms with van der Waals surface area (Å²) in [5.41, 5.74) is 1.92. The van der Waals surface area contributed by atoms with Gasteiger partial charge >= 0.3 is 0 Å². The fourth-order valence-corrected chi connectivity index (χ4v) is 10.1. The van der Waals surface area contributed by atoms with Gasteiger partial charge in [0.05, 0.1) is 18.3 Å². The van der Waals surface area contributed by atoms with Gasteiger partial charge in [-0.25, -0.2) is 0 Å². The first-order valence-electron chi connectivity index (χ1n) is 13.2. The van der Waals surface area contributed by atoms with Gasteiger partial charge in [-0.2, -0.15) is 10.4 Å². The summed E-state index contributed by atoms with van der Waals surface area (Å²) in [6.07, 6.45) is 16.9. The number of hydrogen-bond acceptors (Lipinski definition) is 3. The van der Waals surface area contributed by atoms with Crippen molar-refractivity contribution in [2.45, 2.75) is 91.5 Å². The average Bonchev–Trinajstić information content (AvgIpc) is 3.18. The van der Waals surface area contributed by atoms with Crippen molar-refractivity contribution in [3.05, 3.63) is 18.0 Å². The number of rotatable bonds is 3. The molecular formula is C28H39N3O. The second kappa shape index (κ2) is 6.94. The zero-order valence-electron chi connectivity index (χ0n) is 20.1. The van der Waals surface area contributed by atoms with Gasteiger partial charge in [-0.3, -0.25) is 9.48 Å². The zero-order valence-corrected chi connectivity index (χ0v) is 20.1. The molecule has 0 amide bonds. The van der Waals surface area contributed by atoms with Crippen LogP contribution in [0.3, 0.4) is 0 Å². The summed E-state index contributed by atoms with van der Waals surface area (Å²) in [6.45, 7) is 7.83. The van der Waals surface area contributed by atoms with Crippen LogP contribution in [0.1, 0.15) is 90.5 Å². The summed E-state index contributed by atoms with van der Waals surface area (Å²) in [7, 11) is 0. The molecule has 0 unspecified atom stereocenters. The molecule has 1 aromatic rings. The summed E-state index contributed by atoms with van der Waals surface area (Å²) in [6, 6.07) is 2.12. The van der Waals surface area contributed by atoms with Crippen LogP contribution in [-0.2, 0) is 11.3 Å². The number of nitrogens with zero attached hydrogens (tertiary/aromatic N) is 3. The molecule has 7 atom stereocenters. The standard InChI is InChI=1S/C28H39N3O/c1-26(2)12-19-4-5-20-21(25(19)28(17-26)10-11-28)8-9-27(3)22(20)6-7-23(27)24(32)16-31-15-18(13-29)14-30-31/h14-15,19-23,25H,4-12,16-17H2,1-3H3/t19-,20-,21+,22+,23-,25+,27+/m1/s1. The van der Waals surface area contributed by atoms with Crippen LogP contribution in [-0.4, -0.2) is 15.6 Å². The van der Waals surface area contributed by atoms with Crippen molar-refractivity contribution in [1.82, 2.24) is 9.78 Å². The fraction of sp³-hybridized carbons (Fsp3) is 0.821. The minimum atomic E-state index is 0.168. The lowest BCUT2D eigenvalue weighted by Crippen LogP contribution is -2.53. The maximum Gasteiger partial charge on any atom is 0.157 e. The average molecular weight is 434 g/mol. The van der Waals surface area contributed by atoms with Crippen LogP contribution in [0, 0.1) is 63.1 Å². The number of carbonyl (C=O) groups is 1. The van der Waals surface area contributed by atoms with E-state index in [1.807, 2.05) is 0 Å². The molecule has 5 aliphatic rings. The van der Waals surface area contributed by atoms with E-state index in [-0.39, 0.29) is 11.3 Å². The molecule has 6 rings (SSSR count). The molecule has 1 spiro atoms. The van der Waals surface area contributed by atoms with Crippen LogP contribution >= 0.6 is 0 Å². The minimum Gasteiger partial charge on any atom is -0.297 e. The highest BCUT2D eigenvalue weighted by molar-refractivity contribution is 5.82. The first-order chi connectivity index (χ1) is 15.2. The van der Waals surface area contributed by atoms with E-state index in [9.17, 15) is 4.79 Å². The monoisotopic (exact) mass is 433 g/mol. The van der Waals surface area contributed by atoms with Gasteiger partial charge in [0.2, 0.25) is 0 Å². The molecule has 5 aliphatic carbocycles. The topological polar surface area (TPSA) is 58.7 Å². The van der Waals surface area contributed by atoms with Crippen molar-refractivity contribution in [3.8, 4) is 6.07 Å². The molecule has 32 heavy (non-hydrogen) atoms. The molecule has 1 aromatic heterocycles. The molecule has 0 aromatic carbocycles. The molecule has 0 N–H and O–H groups in total. The van der Waals surface area contributed by atoms with Gasteiger partial charge in [-0.15, -0.1) is 0 Å². The Hall–Kier alpha value is -1.63.